The fourth-order valence-electron chi connectivity index (χ4n) is 1.73. The number of amidine groups is 1. The molecule has 0 aromatic carbocycles. The average Bonchev–Trinajstić information content (AvgIpc) is 2.19. The largest absolute Gasteiger partial charge is 0.409 e. The van der Waals surface area contributed by atoms with Crippen LogP contribution in [-0.4, -0.2) is 35.2 Å². The molecule has 1 saturated heterocycles. The van der Waals surface area contributed by atoms with E-state index in [0.29, 0.717) is 6.42 Å². The van der Waals surface area contributed by atoms with E-state index in [0.717, 1.165) is 13.1 Å². The SMILES string of the molecule is CC(CC(N)=NO)NN1CCCCC1. The van der Waals surface area contributed by atoms with Gasteiger partial charge >= 0.3 is 0 Å². The summed E-state index contributed by atoms with van der Waals surface area (Å²) in [5.74, 6) is 0.280. The molecule has 1 unspecified atom stereocenters. The standard InChI is InChI=1S/C9H20N4O/c1-8(7-9(10)12-14)11-13-5-3-2-4-6-13/h8,11,14H,2-7H2,1H3,(H2,10,12). The van der Waals surface area contributed by atoms with Crippen molar-refractivity contribution in [2.75, 3.05) is 13.1 Å². The number of hydrogen-bond acceptors (Lipinski definition) is 4. The predicted molar refractivity (Wildman–Crippen MR) is 56.0 cm³/mol. The number of rotatable bonds is 4. The Kier molecular flexibility index (Phi) is 4.69. The van der Waals surface area contributed by atoms with E-state index in [-0.39, 0.29) is 11.9 Å². The number of oxime groups is 1. The number of piperidine rings is 1. The molecule has 0 amide bonds. The van der Waals surface area contributed by atoms with Crippen molar-refractivity contribution in [1.82, 2.24) is 10.4 Å². The smallest absolute Gasteiger partial charge is 0.140 e. The quantitative estimate of drug-likeness (QED) is 0.267. The van der Waals surface area contributed by atoms with E-state index >= 15 is 0 Å². The van der Waals surface area contributed by atoms with Crippen LogP contribution in [0.4, 0.5) is 0 Å². The molecule has 1 fully saturated rings. The van der Waals surface area contributed by atoms with Crippen LogP contribution in [0, 0.1) is 0 Å². The first kappa shape index (κ1) is 11.3. The zero-order valence-corrected chi connectivity index (χ0v) is 8.74. The van der Waals surface area contributed by atoms with Gasteiger partial charge in [-0.25, -0.2) is 5.01 Å². The van der Waals surface area contributed by atoms with E-state index in [1.165, 1.54) is 19.3 Å². The van der Waals surface area contributed by atoms with Gasteiger partial charge in [-0.2, -0.15) is 0 Å². The Bertz CT molecular complexity index is 189. The molecule has 0 aromatic rings. The van der Waals surface area contributed by atoms with Crippen LogP contribution in [0.5, 0.6) is 0 Å². The molecule has 5 nitrogen and oxygen atoms in total. The van der Waals surface area contributed by atoms with E-state index in [9.17, 15) is 0 Å². The first-order chi connectivity index (χ1) is 6.72. The summed E-state index contributed by atoms with van der Waals surface area (Å²) in [5, 5.41) is 13.6. The molecule has 1 aliphatic heterocycles. The molecule has 5 heteroatoms. The third kappa shape index (κ3) is 3.93. The van der Waals surface area contributed by atoms with Crippen LogP contribution in [0.15, 0.2) is 5.16 Å². The Hall–Kier alpha value is -0.810. The Morgan fingerprint density at radius 3 is 2.71 bits per heavy atom. The van der Waals surface area contributed by atoms with Crippen molar-refractivity contribution in [3.8, 4) is 0 Å². The van der Waals surface area contributed by atoms with E-state index in [2.05, 4.69) is 15.6 Å². The van der Waals surface area contributed by atoms with Gasteiger partial charge in [0.25, 0.3) is 0 Å². The summed E-state index contributed by atoms with van der Waals surface area (Å²) in [6.07, 6.45) is 4.41. The molecular formula is C9H20N4O. The van der Waals surface area contributed by atoms with Crippen molar-refractivity contribution in [2.45, 2.75) is 38.6 Å². The van der Waals surface area contributed by atoms with E-state index in [4.69, 9.17) is 10.9 Å². The molecule has 82 valence electrons. The Morgan fingerprint density at radius 1 is 1.50 bits per heavy atom. The van der Waals surface area contributed by atoms with Crippen molar-refractivity contribution in [3.05, 3.63) is 0 Å². The highest BCUT2D eigenvalue weighted by molar-refractivity contribution is 5.80. The molecule has 0 radical (unpaired) electrons. The third-order valence-corrected chi connectivity index (χ3v) is 2.40. The van der Waals surface area contributed by atoms with Gasteiger partial charge in [-0.3, -0.25) is 5.43 Å². The van der Waals surface area contributed by atoms with Crippen molar-refractivity contribution in [2.24, 2.45) is 10.9 Å². The molecule has 0 aromatic heterocycles. The van der Waals surface area contributed by atoms with Crippen molar-refractivity contribution >= 4 is 5.84 Å². The van der Waals surface area contributed by atoms with E-state index in [1.807, 2.05) is 6.92 Å². The summed E-state index contributed by atoms with van der Waals surface area (Å²) in [7, 11) is 0. The Morgan fingerprint density at radius 2 is 2.14 bits per heavy atom. The second-order valence-electron chi connectivity index (χ2n) is 3.87. The van der Waals surface area contributed by atoms with Crippen LogP contribution in [0.25, 0.3) is 0 Å². The molecule has 0 saturated carbocycles. The lowest BCUT2D eigenvalue weighted by atomic mass is 10.1. The van der Waals surface area contributed by atoms with Crippen LogP contribution in [0.3, 0.4) is 0 Å². The van der Waals surface area contributed by atoms with Gasteiger partial charge in [-0.1, -0.05) is 11.6 Å². The van der Waals surface area contributed by atoms with Crippen LogP contribution >= 0.6 is 0 Å². The van der Waals surface area contributed by atoms with Crippen LogP contribution in [0.2, 0.25) is 0 Å². The fourth-order valence-corrected chi connectivity index (χ4v) is 1.73. The van der Waals surface area contributed by atoms with Crippen LogP contribution in [0.1, 0.15) is 32.6 Å². The molecule has 0 spiro atoms. The lowest BCUT2D eigenvalue weighted by Gasteiger charge is -2.30. The topological polar surface area (TPSA) is 73.9 Å². The summed E-state index contributed by atoms with van der Waals surface area (Å²) in [6, 6.07) is 0.226. The van der Waals surface area contributed by atoms with Crippen LogP contribution < -0.4 is 11.2 Å². The molecule has 4 N–H and O–H groups in total. The van der Waals surface area contributed by atoms with Gasteiger partial charge in [0.1, 0.15) is 5.84 Å². The van der Waals surface area contributed by atoms with Gasteiger partial charge in [0.15, 0.2) is 0 Å². The monoisotopic (exact) mass is 200 g/mol. The minimum absolute atomic E-state index is 0.226. The normalized spacial score (nSPS) is 22.2. The first-order valence-corrected chi connectivity index (χ1v) is 5.20. The zero-order chi connectivity index (χ0) is 10.4. The molecule has 0 aliphatic carbocycles. The van der Waals surface area contributed by atoms with Gasteiger partial charge < -0.3 is 10.9 Å². The minimum atomic E-state index is 0.226. The summed E-state index contributed by atoms with van der Waals surface area (Å²) >= 11 is 0. The maximum Gasteiger partial charge on any atom is 0.140 e. The lowest BCUT2D eigenvalue weighted by molar-refractivity contribution is 0.134. The van der Waals surface area contributed by atoms with E-state index < -0.39 is 0 Å². The van der Waals surface area contributed by atoms with E-state index in [1.54, 1.807) is 0 Å². The Labute approximate surface area is 84.9 Å². The number of nitrogens with two attached hydrogens (primary N) is 1. The lowest BCUT2D eigenvalue weighted by Crippen LogP contribution is -2.47. The van der Waals surface area contributed by atoms with Crippen molar-refractivity contribution in [1.29, 1.82) is 0 Å². The molecule has 1 rings (SSSR count). The predicted octanol–water partition coefficient (Wildman–Crippen LogP) is 0.502. The van der Waals surface area contributed by atoms with Gasteiger partial charge in [0.2, 0.25) is 0 Å². The number of nitrogens with one attached hydrogen (secondary N) is 1. The van der Waals surface area contributed by atoms with Gasteiger partial charge in [0, 0.05) is 25.6 Å². The number of nitrogens with zero attached hydrogens (tertiary/aromatic N) is 2. The zero-order valence-electron chi connectivity index (χ0n) is 8.74. The van der Waals surface area contributed by atoms with Crippen LogP contribution in [-0.2, 0) is 0 Å². The Balaban J connectivity index is 2.21. The minimum Gasteiger partial charge on any atom is -0.409 e. The molecule has 1 heterocycles. The summed E-state index contributed by atoms with van der Waals surface area (Å²) < 4.78 is 0. The number of hydrazine groups is 1. The average molecular weight is 200 g/mol. The molecule has 1 aliphatic rings. The summed E-state index contributed by atoms with van der Waals surface area (Å²) in [4.78, 5) is 0. The number of hydrogen-bond donors (Lipinski definition) is 3. The van der Waals surface area contributed by atoms with Gasteiger partial charge in [-0.05, 0) is 19.8 Å². The second kappa shape index (κ2) is 5.82. The van der Waals surface area contributed by atoms with Gasteiger partial charge in [0.05, 0.1) is 0 Å². The van der Waals surface area contributed by atoms with Gasteiger partial charge in [-0.15, -0.1) is 0 Å². The maximum atomic E-state index is 8.41. The highest BCUT2D eigenvalue weighted by Crippen LogP contribution is 2.06. The molecular weight excluding hydrogens is 180 g/mol. The summed E-state index contributed by atoms with van der Waals surface area (Å²) in [5.41, 5.74) is 8.77. The molecule has 1 atom stereocenters. The summed E-state index contributed by atoms with van der Waals surface area (Å²) in [6.45, 7) is 4.23. The van der Waals surface area contributed by atoms with Crippen molar-refractivity contribution < 1.29 is 5.21 Å². The third-order valence-electron chi connectivity index (χ3n) is 2.40. The fraction of sp³-hybridized carbons (Fsp3) is 0.889. The van der Waals surface area contributed by atoms with Crippen molar-refractivity contribution in [3.63, 3.8) is 0 Å². The highest BCUT2D eigenvalue weighted by Gasteiger charge is 2.13. The second-order valence-corrected chi connectivity index (χ2v) is 3.87. The maximum absolute atomic E-state index is 8.41. The molecule has 0 bridgehead atoms. The first-order valence-electron chi connectivity index (χ1n) is 5.20. The molecule has 14 heavy (non-hydrogen) atoms. The highest BCUT2D eigenvalue weighted by atomic mass is 16.4.